The minimum absolute atomic E-state index is 0.0358. The van der Waals surface area contributed by atoms with Crippen LogP contribution >= 0.6 is 0 Å². The van der Waals surface area contributed by atoms with E-state index in [1.165, 1.54) is 48.5 Å². The molecule has 24 nitrogen and oxygen atoms in total. The van der Waals surface area contributed by atoms with Gasteiger partial charge in [-0.15, -0.1) is 0 Å². The van der Waals surface area contributed by atoms with Gasteiger partial charge in [-0.2, -0.15) is 0 Å². The van der Waals surface area contributed by atoms with Crippen molar-refractivity contribution >= 4 is 80.2 Å². The Bertz CT molecular complexity index is 6220. The van der Waals surface area contributed by atoms with Gasteiger partial charge in [0.1, 0.15) is 29.1 Å². The number of pyridine rings is 4. The van der Waals surface area contributed by atoms with Crippen LogP contribution in [0.3, 0.4) is 0 Å². The van der Waals surface area contributed by atoms with Crippen LogP contribution in [0, 0.1) is 130 Å². The maximum absolute atomic E-state index is 13.6. The number of amides is 5. The molecule has 0 radical (unpaired) electrons. The lowest BCUT2D eigenvalue weighted by molar-refractivity contribution is -0.127. The Morgan fingerprint density at radius 3 is 1.01 bits per heavy atom. The van der Waals surface area contributed by atoms with Crippen molar-refractivity contribution in [3.05, 3.63) is 241 Å². The van der Waals surface area contributed by atoms with Gasteiger partial charge in [0.15, 0.2) is 9.84 Å². The lowest BCUT2D eigenvalue weighted by Crippen LogP contribution is -2.50. The molecule has 0 spiro atoms. The Kier molecular flexibility index (Phi) is 33.6. The summed E-state index contributed by atoms with van der Waals surface area (Å²) in [4.78, 5) is 93.1. The van der Waals surface area contributed by atoms with E-state index in [0.29, 0.717) is 122 Å². The number of benzene rings is 4. The Morgan fingerprint density at radius 2 is 0.674 bits per heavy atom. The smallest absolute Gasteiger partial charge is 0.407 e. The zero-order valence-corrected chi connectivity index (χ0v) is 84.4. The summed E-state index contributed by atoms with van der Waals surface area (Å²) in [5.41, 5.74) is 9.90. The Labute approximate surface area is 843 Å². The molecule has 144 heavy (non-hydrogen) atoms. The van der Waals surface area contributed by atoms with Gasteiger partial charge in [0, 0.05) is 117 Å². The fourth-order valence-electron chi connectivity index (χ4n) is 26.8. The number of alkyl carbamates (subject to hydrolysis) is 4. The second-order valence-electron chi connectivity index (χ2n) is 41.6. The fraction of sp³-hybridized carbons (Fsp3) is 0.491. The first kappa shape index (κ1) is 104. The standard InChI is InChI=1S/C29H34FN3O3.C29H33FN2O3.C28H34FN3O4S.C28H33FN2O4S/c1-3-36-29(35)32-23-10-11-24-20(14-23)15-27-26(16-28(34)33(27)2)25(24)12-9-22-8-7-19(17-31-22)18-5-4-6-21(30)13-18;1-2-35-29(34)32-24-9-10-26-20(14-24)12-21-15-25(33)16-28(21)27(26)11-8-23-7-6-19(17-31-23)18-4-3-5-22(30)13-18;1-3-36-28(33)31-23-10-11-24-20(14-23)15-27-26(17-37(34,35)32(27)2)25(24)12-9-22-8-7-19(16-30-22)18-5-4-6-21(29)13-18;1-2-35-28(32)31-24-9-10-25-20(14-24)12-21-16-36(33,34)17-27(21)26(25)11-8-23-7-6-19(15-30-23)18-4-3-5-22(29)13-18/h4-9,12-13,17,20,23-27H,3,10-11,14-16H2,1-2H3,(H,32,35);3-8,11,13,17,20-21,24,26-28H,2,9-10,12,14-16H2,1H3,(H,32,34);4-9,12-13,16,20,23-27H,3,10-11,14-15,17H2,1-2H3,(H,31,33);3-8,11,13,15,20-21,24-27H,2,9-10,12,14,16-17H2,1H3,(H,31,32)/b12-9+;11-8+;12-9+;11-8+/t20-,23+,24+,25-,26+,27-;20-,21-,24-,26-,27+,28+;20-,23+,24+,25-,26+,27-;20-,21-,24-,25-,26+,27+/m0101/s1. The fourth-order valence-corrected chi connectivity index (χ4v) is 30.8. The summed E-state index contributed by atoms with van der Waals surface area (Å²) in [5.74, 6) is 5.97. The van der Waals surface area contributed by atoms with E-state index < -0.39 is 19.9 Å². The van der Waals surface area contributed by atoms with Crippen LogP contribution in [0.4, 0.5) is 36.7 Å². The van der Waals surface area contributed by atoms with Crippen molar-refractivity contribution in [2.45, 2.75) is 186 Å². The maximum atomic E-state index is 13.6. The van der Waals surface area contributed by atoms with Crippen LogP contribution in [0.5, 0.6) is 0 Å². The van der Waals surface area contributed by atoms with Gasteiger partial charge in [0.2, 0.25) is 15.9 Å². The summed E-state index contributed by atoms with van der Waals surface area (Å²) in [6.07, 6.45) is 39.5. The van der Waals surface area contributed by atoms with Crippen LogP contribution in [0.15, 0.2) is 195 Å². The number of ether oxygens (including phenoxy) is 4. The Hall–Kier alpha value is -11.8. The maximum Gasteiger partial charge on any atom is 0.407 e. The van der Waals surface area contributed by atoms with Crippen molar-refractivity contribution in [3.63, 3.8) is 0 Å². The molecule has 0 unspecified atom stereocenters. The van der Waals surface area contributed by atoms with Gasteiger partial charge in [0.25, 0.3) is 0 Å². The van der Waals surface area contributed by atoms with Crippen LogP contribution in [0.25, 0.3) is 68.8 Å². The summed E-state index contributed by atoms with van der Waals surface area (Å²) in [6, 6.07) is 42.0. The van der Waals surface area contributed by atoms with Gasteiger partial charge < -0.3 is 45.1 Å². The molecule has 30 heteroatoms. The Balaban J connectivity index is 0.000000132. The number of nitrogens with zero attached hydrogens (tertiary/aromatic N) is 6. The van der Waals surface area contributed by atoms with E-state index in [4.69, 9.17) is 18.9 Å². The van der Waals surface area contributed by atoms with E-state index in [2.05, 4.69) is 77.7 Å². The monoisotopic (exact) mass is 2010 g/mol. The third kappa shape index (κ3) is 25.3. The van der Waals surface area contributed by atoms with E-state index in [9.17, 15) is 63.2 Å². The lowest BCUT2D eigenvalue weighted by Gasteiger charge is -2.49. The van der Waals surface area contributed by atoms with Gasteiger partial charge in [0.05, 0.1) is 66.5 Å². The normalized spacial score (nSPS) is 30.4. The number of sulfone groups is 1. The van der Waals surface area contributed by atoms with Crippen LogP contribution in [0.1, 0.15) is 172 Å². The van der Waals surface area contributed by atoms with Crippen molar-refractivity contribution in [2.75, 3.05) is 57.8 Å². The van der Waals surface area contributed by atoms with Crippen molar-refractivity contribution in [2.24, 2.45) is 107 Å². The lowest BCUT2D eigenvalue weighted by atomic mass is 9.58. The van der Waals surface area contributed by atoms with Gasteiger partial charge in [-0.05, 0) is 356 Å². The number of aromatic nitrogens is 4. The molecule has 9 aliphatic carbocycles. The van der Waals surface area contributed by atoms with E-state index in [1.54, 1.807) is 74.3 Å². The molecule has 12 aliphatic rings. The van der Waals surface area contributed by atoms with E-state index >= 15 is 0 Å². The van der Waals surface area contributed by atoms with Crippen LogP contribution in [-0.4, -0.2) is 176 Å². The minimum atomic E-state index is -3.28. The second kappa shape index (κ2) is 46.7. The number of fused-ring (bicyclic) bond motifs is 8. The minimum Gasteiger partial charge on any atom is -0.450 e. The van der Waals surface area contributed by atoms with E-state index in [0.717, 1.165) is 170 Å². The molecule has 8 aromatic rings. The largest absolute Gasteiger partial charge is 0.450 e. The first-order valence-electron chi connectivity index (χ1n) is 51.8. The zero-order valence-electron chi connectivity index (χ0n) is 82.8. The van der Waals surface area contributed by atoms with Gasteiger partial charge >= 0.3 is 24.4 Å². The number of nitrogens with one attached hydrogen (secondary N) is 4. The number of rotatable bonds is 20. The second-order valence-corrected chi connectivity index (χ2v) is 45.9. The molecule has 20 rings (SSSR count). The van der Waals surface area contributed by atoms with Gasteiger partial charge in [-0.1, -0.05) is 97.1 Å². The predicted molar refractivity (Wildman–Crippen MR) is 547 cm³/mol. The van der Waals surface area contributed by atoms with Gasteiger partial charge in [-0.3, -0.25) is 29.5 Å². The topological polar surface area (TPSA) is 314 Å². The highest BCUT2D eigenvalue weighted by atomic mass is 32.2. The van der Waals surface area contributed by atoms with Crippen LogP contribution in [0.2, 0.25) is 0 Å². The molecule has 7 heterocycles. The van der Waals surface area contributed by atoms with Crippen molar-refractivity contribution in [1.29, 1.82) is 0 Å². The number of ketones is 1. The predicted octanol–water partition coefficient (Wildman–Crippen LogP) is 21.2. The molecule has 9 saturated carbocycles. The first-order chi connectivity index (χ1) is 69.5. The first-order valence-corrected chi connectivity index (χ1v) is 55.2. The number of hydrogen-bond donors (Lipinski definition) is 4. The zero-order chi connectivity index (χ0) is 101. The van der Waals surface area contributed by atoms with E-state index in [-0.39, 0.29) is 143 Å². The van der Waals surface area contributed by atoms with Gasteiger partial charge in [-0.25, -0.2) is 57.9 Å². The molecule has 3 aliphatic heterocycles. The molecule has 3 saturated heterocycles. The van der Waals surface area contributed by atoms with Crippen LogP contribution in [-0.2, 0) is 48.4 Å². The molecule has 764 valence electrons. The highest BCUT2D eigenvalue weighted by molar-refractivity contribution is 7.91. The average molecular weight is 2010 g/mol. The number of halogens is 4. The molecular formula is C114H134F4N10O14S2. The number of carbonyl (C=O) groups is 6. The SMILES string of the molecule is CCOC(=O)N[C@@H]1CC[C@@H]2[C@@H](C1)C[C@@H]1CC(=O)C[C@@H]1[C@H]2/C=C/c1ccc(-c2cccc(F)c2)cn1.CCOC(=O)N[C@@H]1CC[C@@H]2[C@@H](C1)C[C@@H]1CS(=O)(=O)C[C@@H]1[C@H]2/C=C/c1ccc(-c2cccc(F)c2)cn1.CCOC(=O)N[C@@H]1CC[C@@H]2[C@@H](C1)C[C@H]1[C@H](CC(=O)N1C)[C@H]2/C=C/c1ccc(-c2cccc(F)c2)cn1.CCOC(=O)N[C@@H]1CC[C@@H]2[C@@H](C1)C[C@H]1[C@H](CS(=O)(=O)N1C)[C@H]2/C=C/c1ccc(-c2cccc(F)c2)cn1. The summed E-state index contributed by atoms with van der Waals surface area (Å²) in [7, 11) is -2.69. The molecule has 4 aromatic heterocycles. The molecule has 24 atom stereocenters. The summed E-state index contributed by atoms with van der Waals surface area (Å²) in [6.45, 7) is 8.62. The summed E-state index contributed by atoms with van der Waals surface area (Å²) >= 11 is 0. The molecule has 5 amide bonds. The molecule has 4 N–H and O–H groups in total. The number of Topliss-reactive ketones (excluding diaryl/α,β-unsaturated/α-hetero) is 1. The molecular weight excluding hydrogens is 1870 g/mol. The number of sulfonamides is 1. The van der Waals surface area contributed by atoms with E-state index in [1.807, 2.05) is 111 Å². The third-order valence-corrected chi connectivity index (χ3v) is 37.0. The van der Waals surface area contributed by atoms with Crippen molar-refractivity contribution in [1.82, 2.24) is 50.4 Å². The molecule has 12 fully saturated rings. The average Bonchev–Trinajstić information content (AvgIpc) is 1.54. The highest BCUT2D eigenvalue weighted by Gasteiger charge is 2.57. The van der Waals surface area contributed by atoms with Crippen LogP contribution < -0.4 is 21.3 Å². The Morgan fingerprint density at radius 1 is 0.347 bits per heavy atom. The number of likely N-dealkylation sites (tertiary alicyclic amines) is 1. The van der Waals surface area contributed by atoms with Crippen molar-refractivity contribution in [3.8, 4) is 44.5 Å². The summed E-state index contributed by atoms with van der Waals surface area (Å²) < 4.78 is 127. The number of allylic oxidation sites excluding steroid dienone is 4. The summed E-state index contributed by atoms with van der Waals surface area (Å²) in [5, 5.41) is 12.1. The quantitative estimate of drug-likeness (QED) is 0.0407. The number of carbonyl (C=O) groups excluding carboxylic acids is 6. The third-order valence-electron chi connectivity index (χ3n) is 33.2. The highest BCUT2D eigenvalue weighted by Crippen LogP contribution is 2.58. The van der Waals surface area contributed by atoms with Crippen molar-refractivity contribution < 1.29 is 82.1 Å². The molecule has 4 aromatic carbocycles. The number of hydrogen-bond acceptors (Lipinski definition) is 18. The molecule has 0 bridgehead atoms.